The number of hydrogen-bond donors (Lipinski definition) is 0. The van der Waals surface area contributed by atoms with Crippen molar-refractivity contribution >= 4 is 27.8 Å². The van der Waals surface area contributed by atoms with Crippen molar-refractivity contribution in [2.75, 3.05) is 11.9 Å². The van der Waals surface area contributed by atoms with Gasteiger partial charge in [0.15, 0.2) is 5.78 Å². The lowest BCUT2D eigenvalue weighted by Gasteiger charge is -2.38. The Morgan fingerprint density at radius 2 is 2.00 bits per heavy atom. The Kier molecular flexibility index (Phi) is 5.83. The van der Waals surface area contributed by atoms with Crippen LogP contribution in [0.1, 0.15) is 47.0 Å². The van der Waals surface area contributed by atoms with Crippen LogP contribution < -0.4 is 0 Å². The van der Waals surface area contributed by atoms with Gasteiger partial charge in [-0.3, -0.25) is 9.69 Å². The average Bonchev–Trinajstić information content (AvgIpc) is 2.35. The summed E-state index contributed by atoms with van der Waals surface area (Å²) >= 11 is 3.20. The molecular formula is C14H24BrNO3. The van der Waals surface area contributed by atoms with Crippen molar-refractivity contribution in [1.29, 1.82) is 0 Å². The van der Waals surface area contributed by atoms with Gasteiger partial charge in [-0.15, -0.1) is 0 Å². The number of likely N-dealkylation sites (tertiary alicyclic amines) is 1. The van der Waals surface area contributed by atoms with E-state index >= 15 is 0 Å². The molecule has 1 aliphatic rings. The smallest absolute Gasteiger partial charge is 0.410 e. The number of rotatable bonds is 3. The Morgan fingerprint density at radius 3 is 2.47 bits per heavy atom. The maximum Gasteiger partial charge on any atom is 0.410 e. The number of ether oxygens (including phenoxy) is 1. The highest BCUT2D eigenvalue weighted by atomic mass is 79.9. The third-order valence-corrected chi connectivity index (χ3v) is 3.97. The molecule has 0 saturated carbocycles. The lowest BCUT2D eigenvalue weighted by molar-refractivity contribution is -0.123. The molecule has 19 heavy (non-hydrogen) atoms. The minimum absolute atomic E-state index is 0.0593. The fourth-order valence-corrected chi connectivity index (χ4v) is 2.72. The van der Waals surface area contributed by atoms with E-state index in [4.69, 9.17) is 4.74 Å². The molecule has 2 unspecified atom stereocenters. The van der Waals surface area contributed by atoms with Crippen LogP contribution in [0.5, 0.6) is 0 Å². The summed E-state index contributed by atoms with van der Waals surface area (Å²) in [7, 11) is 0. The first kappa shape index (κ1) is 16.5. The molecule has 4 nitrogen and oxygen atoms in total. The maximum absolute atomic E-state index is 12.2. The van der Waals surface area contributed by atoms with Crippen molar-refractivity contribution in [2.24, 2.45) is 5.92 Å². The van der Waals surface area contributed by atoms with Gasteiger partial charge in [0, 0.05) is 6.54 Å². The van der Waals surface area contributed by atoms with Crippen LogP contribution in [-0.4, -0.2) is 40.3 Å². The Hall–Kier alpha value is -0.580. The molecule has 0 aromatic heterocycles. The summed E-state index contributed by atoms with van der Waals surface area (Å²) in [6, 6.07) is -0.340. The zero-order valence-corrected chi connectivity index (χ0v) is 13.8. The van der Waals surface area contributed by atoms with Gasteiger partial charge in [0.1, 0.15) is 5.60 Å². The summed E-state index contributed by atoms with van der Waals surface area (Å²) in [5.41, 5.74) is -0.527. The fourth-order valence-electron chi connectivity index (χ4n) is 2.34. The van der Waals surface area contributed by atoms with Crippen LogP contribution >= 0.6 is 15.9 Å². The van der Waals surface area contributed by atoms with E-state index in [9.17, 15) is 9.59 Å². The Labute approximate surface area is 124 Å². The second-order valence-electron chi connectivity index (χ2n) is 6.09. The monoisotopic (exact) mass is 333 g/mol. The third-order valence-electron chi connectivity index (χ3n) is 3.42. The second-order valence-corrected chi connectivity index (χ2v) is 6.65. The van der Waals surface area contributed by atoms with Gasteiger partial charge in [-0.1, -0.05) is 29.3 Å². The van der Waals surface area contributed by atoms with Crippen LogP contribution in [0.15, 0.2) is 0 Å². The molecule has 0 aromatic carbocycles. The van der Waals surface area contributed by atoms with E-state index in [-0.39, 0.29) is 23.2 Å². The molecular weight excluding hydrogens is 310 g/mol. The van der Waals surface area contributed by atoms with Crippen LogP contribution in [0.2, 0.25) is 0 Å². The Morgan fingerprint density at radius 1 is 1.37 bits per heavy atom. The van der Waals surface area contributed by atoms with Crippen molar-refractivity contribution in [3.8, 4) is 0 Å². The highest BCUT2D eigenvalue weighted by molar-refractivity contribution is 9.09. The molecule has 1 fully saturated rings. The number of ketones is 1. The number of hydrogen-bond acceptors (Lipinski definition) is 3. The normalized spacial score (nSPS) is 24.2. The van der Waals surface area contributed by atoms with Crippen molar-refractivity contribution in [1.82, 2.24) is 4.90 Å². The molecule has 0 aliphatic carbocycles. The van der Waals surface area contributed by atoms with E-state index in [1.807, 2.05) is 20.8 Å². The molecule has 0 bridgehead atoms. The standard InChI is InChI=1S/C14H24BrNO3/c1-5-10-6-7-16(11(8-10)12(17)9-15)13(18)19-14(2,3)4/h10-11H,5-9H2,1-4H3. The molecule has 1 aliphatic heterocycles. The second kappa shape index (κ2) is 6.73. The zero-order chi connectivity index (χ0) is 14.6. The maximum atomic E-state index is 12.2. The molecule has 0 spiro atoms. The Balaban J connectivity index is 2.79. The number of piperidine rings is 1. The fraction of sp³-hybridized carbons (Fsp3) is 0.857. The summed E-state index contributed by atoms with van der Waals surface area (Å²) in [5.74, 6) is 0.579. The molecule has 1 amide bonds. The van der Waals surface area contributed by atoms with Crippen molar-refractivity contribution in [3.63, 3.8) is 0 Å². The summed E-state index contributed by atoms with van der Waals surface area (Å²) in [6.07, 6.45) is 2.37. The lowest BCUT2D eigenvalue weighted by atomic mass is 9.87. The number of carbonyl (C=O) groups excluding carboxylic acids is 2. The first-order valence-corrected chi connectivity index (χ1v) is 7.99. The molecule has 0 aromatic rings. The van der Waals surface area contributed by atoms with Crippen LogP contribution in [0.3, 0.4) is 0 Å². The van der Waals surface area contributed by atoms with E-state index in [2.05, 4.69) is 22.9 Å². The van der Waals surface area contributed by atoms with E-state index in [1.54, 1.807) is 4.90 Å². The average molecular weight is 334 g/mol. The summed E-state index contributed by atoms with van der Waals surface area (Å²) in [6.45, 7) is 8.25. The van der Waals surface area contributed by atoms with Crippen LogP contribution in [0, 0.1) is 5.92 Å². The van der Waals surface area contributed by atoms with E-state index in [0.717, 1.165) is 19.3 Å². The highest BCUT2D eigenvalue weighted by Gasteiger charge is 2.36. The Bertz CT molecular complexity index is 338. The topological polar surface area (TPSA) is 46.6 Å². The predicted octanol–water partition coefficient (Wildman–Crippen LogP) is 3.38. The quantitative estimate of drug-likeness (QED) is 0.744. The van der Waals surface area contributed by atoms with Gasteiger partial charge < -0.3 is 4.74 Å². The van der Waals surface area contributed by atoms with Gasteiger partial charge in [-0.2, -0.15) is 0 Å². The molecule has 110 valence electrons. The first-order chi connectivity index (χ1) is 8.78. The number of halogens is 1. The number of Topliss-reactive ketones (excluding diaryl/α,β-unsaturated/α-hetero) is 1. The number of amides is 1. The van der Waals surface area contributed by atoms with Gasteiger partial charge in [-0.25, -0.2) is 4.79 Å². The minimum atomic E-state index is -0.527. The van der Waals surface area contributed by atoms with Crippen LogP contribution in [-0.2, 0) is 9.53 Å². The molecule has 5 heteroatoms. The lowest BCUT2D eigenvalue weighted by Crippen LogP contribution is -2.51. The van der Waals surface area contributed by atoms with Crippen molar-refractivity contribution in [3.05, 3.63) is 0 Å². The molecule has 1 rings (SSSR count). The predicted molar refractivity (Wildman–Crippen MR) is 78.5 cm³/mol. The minimum Gasteiger partial charge on any atom is -0.444 e. The molecule has 2 atom stereocenters. The molecule has 1 heterocycles. The van der Waals surface area contributed by atoms with Gasteiger partial charge in [0.25, 0.3) is 0 Å². The molecule has 1 saturated heterocycles. The third kappa shape index (κ3) is 4.79. The number of nitrogens with zero attached hydrogens (tertiary/aromatic N) is 1. The molecule has 0 radical (unpaired) electrons. The summed E-state index contributed by atoms with van der Waals surface area (Å²) < 4.78 is 5.39. The van der Waals surface area contributed by atoms with E-state index in [1.165, 1.54) is 0 Å². The number of alkyl halides is 1. The van der Waals surface area contributed by atoms with Gasteiger partial charge in [0.2, 0.25) is 0 Å². The first-order valence-electron chi connectivity index (χ1n) is 6.86. The SMILES string of the molecule is CCC1CCN(C(=O)OC(C)(C)C)C(C(=O)CBr)C1. The van der Waals surface area contributed by atoms with Crippen LogP contribution in [0.4, 0.5) is 4.79 Å². The van der Waals surface area contributed by atoms with E-state index < -0.39 is 5.60 Å². The van der Waals surface area contributed by atoms with Crippen molar-refractivity contribution < 1.29 is 14.3 Å². The van der Waals surface area contributed by atoms with E-state index in [0.29, 0.717) is 12.5 Å². The number of carbonyl (C=O) groups is 2. The van der Waals surface area contributed by atoms with Gasteiger partial charge in [0.05, 0.1) is 11.4 Å². The largest absolute Gasteiger partial charge is 0.444 e. The van der Waals surface area contributed by atoms with Gasteiger partial charge >= 0.3 is 6.09 Å². The van der Waals surface area contributed by atoms with Gasteiger partial charge in [-0.05, 0) is 39.5 Å². The van der Waals surface area contributed by atoms with Crippen LogP contribution in [0.25, 0.3) is 0 Å². The summed E-state index contributed by atoms with van der Waals surface area (Å²) in [4.78, 5) is 25.8. The highest BCUT2D eigenvalue weighted by Crippen LogP contribution is 2.27. The molecule has 0 N–H and O–H groups in total. The van der Waals surface area contributed by atoms with Crippen molar-refractivity contribution in [2.45, 2.75) is 58.6 Å². The zero-order valence-electron chi connectivity index (χ0n) is 12.2. The summed E-state index contributed by atoms with van der Waals surface area (Å²) in [5, 5.41) is 0.285.